The van der Waals surface area contributed by atoms with E-state index in [-0.39, 0.29) is 27.7 Å². The normalized spacial score (nSPS) is 20.9. The Kier molecular flexibility index (Phi) is 7.02. The molecule has 7 nitrogen and oxygen atoms in total. The summed E-state index contributed by atoms with van der Waals surface area (Å²) < 4.78 is 12.4. The Labute approximate surface area is 310 Å². The molecule has 5 aromatic rings. The van der Waals surface area contributed by atoms with E-state index in [0.717, 1.165) is 28.2 Å². The molecule has 0 saturated heterocycles. The number of fused-ring (bicyclic) bond motifs is 8. The standard InChI is InChI=1S/C45H35NO6S/c1-45(2)34-10-4-3-7-27(34)31-23-26(15-17-35(31)45)46-36-11-5-8-28(36)32-21-24(14-18-37(32)46)43-42-41(51-19-20-52-42)38(53-43)12-6-9-30-39(47)29-16-13-25(44(49)50)22-33(29)40(30)48/h3-4,6-7,9-10,12-18,21-23,28,36H,5,8,11,19-20H2,1-2H3,(H,49,50)/b12-6+,30-9-. The van der Waals surface area contributed by atoms with Crippen molar-refractivity contribution >= 4 is 46.3 Å². The van der Waals surface area contributed by atoms with Crippen molar-refractivity contribution in [3.63, 3.8) is 0 Å². The van der Waals surface area contributed by atoms with E-state index < -0.39 is 17.5 Å². The zero-order chi connectivity index (χ0) is 36.2. The van der Waals surface area contributed by atoms with Gasteiger partial charge < -0.3 is 19.5 Å². The van der Waals surface area contributed by atoms with Gasteiger partial charge in [-0.3, -0.25) is 9.59 Å². The molecule has 262 valence electrons. The number of anilines is 2. The molecule has 10 rings (SSSR count). The Bertz CT molecular complexity index is 2520. The summed E-state index contributed by atoms with van der Waals surface area (Å²) in [6, 6.07) is 27.1. The van der Waals surface area contributed by atoms with Gasteiger partial charge in [-0.1, -0.05) is 62.7 Å². The zero-order valence-corrected chi connectivity index (χ0v) is 30.1. The van der Waals surface area contributed by atoms with E-state index in [0.29, 0.717) is 36.7 Å². The van der Waals surface area contributed by atoms with Crippen molar-refractivity contribution in [3.8, 4) is 33.1 Å². The maximum Gasteiger partial charge on any atom is 0.335 e. The fourth-order valence-electron chi connectivity index (χ4n) is 9.30. The molecule has 2 atom stereocenters. The molecule has 2 aliphatic heterocycles. The third-order valence-corrected chi connectivity index (χ3v) is 13.0. The molecule has 1 fully saturated rings. The van der Waals surface area contributed by atoms with Gasteiger partial charge in [-0.25, -0.2) is 4.79 Å². The van der Waals surface area contributed by atoms with Gasteiger partial charge in [0.05, 0.1) is 20.9 Å². The Balaban J connectivity index is 0.991. The predicted octanol–water partition coefficient (Wildman–Crippen LogP) is 10.00. The topological polar surface area (TPSA) is 93.1 Å². The van der Waals surface area contributed by atoms with E-state index >= 15 is 0 Å². The number of thiophene rings is 1. The van der Waals surface area contributed by atoms with Crippen molar-refractivity contribution in [1.29, 1.82) is 0 Å². The highest BCUT2D eigenvalue weighted by atomic mass is 32.1. The molecule has 0 spiro atoms. The minimum atomic E-state index is -1.15. The predicted molar refractivity (Wildman–Crippen MR) is 206 cm³/mol. The van der Waals surface area contributed by atoms with Crippen molar-refractivity contribution in [2.24, 2.45) is 0 Å². The van der Waals surface area contributed by atoms with Crippen LogP contribution in [0.3, 0.4) is 0 Å². The van der Waals surface area contributed by atoms with Crippen LogP contribution in [0, 0.1) is 0 Å². The smallest absolute Gasteiger partial charge is 0.335 e. The molecule has 4 aromatic carbocycles. The van der Waals surface area contributed by atoms with Crippen LogP contribution < -0.4 is 14.4 Å². The number of hydrogen-bond donors (Lipinski definition) is 1. The van der Waals surface area contributed by atoms with Crippen LogP contribution in [0.1, 0.15) is 91.7 Å². The molecule has 0 bridgehead atoms. The van der Waals surface area contributed by atoms with Gasteiger partial charge in [0, 0.05) is 39.9 Å². The molecule has 8 heteroatoms. The third-order valence-electron chi connectivity index (χ3n) is 11.8. The lowest BCUT2D eigenvalue weighted by Gasteiger charge is -2.28. The number of carbonyl (C=O) groups is 3. The van der Waals surface area contributed by atoms with Crippen LogP contribution in [-0.2, 0) is 5.41 Å². The molecule has 3 heterocycles. The Hall–Kier alpha value is -5.73. The number of carboxylic acids is 1. The summed E-state index contributed by atoms with van der Waals surface area (Å²) in [5, 5.41) is 9.35. The first-order chi connectivity index (χ1) is 25.7. The fraction of sp³-hybridized carbons (Fsp3) is 0.222. The molecule has 0 amide bonds. The summed E-state index contributed by atoms with van der Waals surface area (Å²) in [7, 11) is 0. The molecule has 3 aliphatic carbocycles. The van der Waals surface area contributed by atoms with E-state index in [4.69, 9.17) is 9.47 Å². The van der Waals surface area contributed by atoms with Crippen molar-refractivity contribution in [2.45, 2.75) is 50.5 Å². The van der Waals surface area contributed by atoms with Crippen LogP contribution in [0.5, 0.6) is 11.5 Å². The number of benzene rings is 4. The summed E-state index contributed by atoms with van der Waals surface area (Å²) >= 11 is 1.56. The summed E-state index contributed by atoms with van der Waals surface area (Å²) in [6.45, 7) is 5.52. The Morgan fingerprint density at radius 3 is 2.49 bits per heavy atom. The molecule has 1 saturated carbocycles. The second kappa shape index (κ2) is 11.6. The van der Waals surface area contributed by atoms with Gasteiger partial charge in [-0.05, 0) is 101 Å². The van der Waals surface area contributed by atoms with E-state index in [2.05, 4.69) is 79.4 Å². The number of ketones is 2. The fourth-order valence-corrected chi connectivity index (χ4v) is 10.4. The van der Waals surface area contributed by atoms with Gasteiger partial charge in [0.25, 0.3) is 0 Å². The molecule has 0 radical (unpaired) electrons. The van der Waals surface area contributed by atoms with Gasteiger partial charge in [0.2, 0.25) is 0 Å². The third kappa shape index (κ3) is 4.68. The molecule has 1 aromatic heterocycles. The van der Waals surface area contributed by atoms with Crippen molar-refractivity contribution in [2.75, 3.05) is 18.1 Å². The van der Waals surface area contributed by atoms with Crippen LogP contribution in [-0.4, -0.2) is 41.9 Å². The minimum absolute atomic E-state index is 0.00666. The maximum absolute atomic E-state index is 13.1. The highest BCUT2D eigenvalue weighted by Crippen LogP contribution is 2.57. The number of hydrogen-bond acceptors (Lipinski definition) is 7. The van der Waals surface area contributed by atoms with Crippen molar-refractivity contribution < 1.29 is 29.0 Å². The van der Waals surface area contributed by atoms with Crippen molar-refractivity contribution in [1.82, 2.24) is 0 Å². The summed E-state index contributed by atoms with van der Waals surface area (Å²) in [4.78, 5) is 42.0. The van der Waals surface area contributed by atoms with Gasteiger partial charge in [-0.2, -0.15) is 0 Å². The van der Waals surface area contributed by atoms with E-state index in [1.54, 1.807) is 17.4 Å². The molecule has 5 aliphatic rings. The Morgan fingerprint density at radius 1 is 0.849 bits per heavy atom. The quantitative estimate of drug-likeness (QED) is 0.143. The number of Topliss-reactive ketones (excluding diaryl/α,β-unsaturated/α-hetero) is 2. The highest BCUT2D eigenvalue weighted by molar-refractivity contribution is 7.17. The van der Waals surface area contributed by atoms with Gasteiger partial charge in [0.15, 0.2) is 23.1 Å². The summed E-state index contributed by atoms with van der Waals surface area (Å²) in [5.74, 6) is -0.218. The lowest BCUT2D eigenvalue weighted by atomic mass is 9.82. The number of carboxylic acid groups (broad SMARTS) is 1. The number of carbonyl (C=O) groups excluding carboxylic acids is 2. The van der Waals surface area contributed by atoms with Crippen molar-refractivity contribution in [3.05, 3.63) is 135 Å². The molecular formula is C45H35NO6S. The number of nitrogens with zero attached hydrogens (tertiary/aromatic N) is 1. The van der Waals surface area contributed by atoms with E-state index in [1.165, 1.54) is 69.9 Å². The van der Waals surface area contributed by atoms with Gasteiger partial charge >= 0.3 is 5.97 Å². The van der Waals surface area contributed by atoms with E-state index in [9.17, 15) is 19.5 Å². The van der Waals surface area contributed by atoms with E-state index in [1.807, 2.05) is 6.08 Å². The number of aromatic carboxylic acids is 1. The number of ether oxygens (including phenoxy) is 2. The lowest BCUT2D eigenvalue weighted by Crippen LogP contribution is -2.26. The second-order valence-electron chi connectivity index (χ2n) is 15.0. The highest BCUT2D eigenvalue weighted by Gasteiger charge is 2.44. The van der Waals surface area contributed by atoms with Gasteiger partial charge in [-0.15, -0.1) is 11.3 Å². The SMILES string of the molecule is CC1(C)c2ccccc2-c2cc(N3c4ccc(-c5sc(/C=C/C=C6/C(=O)c7ccc(C(=O)O)cc7C6=O)c6c5OCCO6)cc4C4CCCC43)ccc21. The van der Waals surface area contributed by atoms with Crippen LogP contribution >= 0.6 is 11.3 Å². The molecule has 1 N–H and O–H groups in total. The molecule has 2 unspecified atom stereocenters. The molecular weight excluding hydrogens is 683 g/mol. The zero-order valence-electron chi connectivity index (χ0n) is 29.3. The molecule has 53 heavy (non-hydrogen) atoms. The van der Waals surface area contributed by atoms with Crippen LogP contribution in [0.15, 0.2) is 96.6 Å². The summed E-state index contributed by atoms with van der Waals surface area (Å²) in [5.41, 5.74) is 10.7. The first kappa shape index (κ1) is 32.0. The number of allylic oxidation sites excluding steroid dienone is 3. The van der Waals surface area contributed by atoms with Gasteiger partial charge in [0.1, 0.15) is 13.2 Å². The Morgan fingerprint density at radius 2 is 1.64 bits per heavy atom. The summed E-state index contributed by atoms with van der Waals surface area (Å²) in [6.07, 6.45) is 8.54. The van der Waals surface area contributed by atoms with Crippen LogP contribution in [0.2, 0.25) is 0 Å². The average Bonchev–Trinajstić information content (AvgIpc) is 3.96. The van der Waals surface area contributed by atoms with Crippen LogP contribution in [0.4, 0.5) is 11.4 Å². The maximum atomic E-state index is 13.1. The lowest BCUT2D eigenvalue weighted by molar-refractivity contribution is 0.0696. The first-order valence-corrected chi connectivity index (χ1v) is 19.0. The number of rotatable bonds is 5. The second-order valence-corrected chi connectivity index (χ2v) is 16.0. The monoisotopic (exact) mass is 717 g/mol. The van der Waals surface area contributed by atoms with Crippen LogP contribution in [0.25, 0.3) is 27.6 Å². The first-order valence-electron chi connectivity index (χ1n) is 18.2. The largest absolute Gasteiger partial charge is 0.485 e. The minimum Gasteiger partial charge on any atom is -0.485 e. The average molecular weight is 718 g/mol.